The van der Waals surface area contributed by atoms with Gasteiger partial charge in [-0.2, -0.15) is 0 Å². The van der Waals surface area contributed by atoms with Crippen molar-refractivity contribution in [3.05, 3.63) is 24.0 Å². The van der Waals surface area contributed by atoms with Gasteiger partial charge in [0, 0.05) is 25.2 Å². The van der Waals surface area contributed by atoms with Crippen LogP contribution in [0.4, 0.5) is 5.69 Å². The normalized spacial score (nSPS) is 20.8. The maximum atomic E-state index is 5.95. The highest BCUT2D eigenvalue weighted by atomic mass is 35.5. The van der Waals surface area contributed by atoms with E-state index in [1.807, 2.05) is 18.5 Å². The minimum Gasteiger partial charge on any atom is -0.370 e. The van der Waals surface area contributed by atoms with Gasteiger partial charge in [0.05, 0.1) is 11.9 Å². The molecule has 0 aliphatic carbocycles. The number of alkyl halides is 1. The van der Waals surface area contributed by atoms with Crippen LogP contribution in [0.3, 0.4) is 0 Å². The SMILES string of the molecule is CC(C)C1CCN(c2cnccc2CCl)C1. The summed E-state index contributed by atoms with van der Waals surface area (Å²) in [5.41, 5.74) is 2.42. The van der Waals surface area contributed by atoms with Crippen molar-refractivity contribution in [2.45, 2.75) is 26.1 Å². The molecule has 0 radical (unpaired) electrons. The van der Waals surface area contributed by atoms with Crippen LogP contribution < -0.4 is 4.90 Å². The van der Waals surface area contributed by atoms with Gasteiger partial charge in [-0.25, -0.2) is 0 Å². The van der Waals surface area contributed by atoms with E-state index in [1.165, 1.54) is 17.7 Å². The van der Waals surface area contributed by atoms with E-state index in [-0.39, 0.29) is 0 Å². The molecule has 2 rings (SSSR count). The summed E-state index contributed by atoms with van der Waals surface area (Å²) in [6.07, 6.45) is 5.05. The first kappa shape index (κ1) is 11.7. The Kier molecular flexibility index (Phi) is 3.70. The molecule has 3 heteroatoms. The molecule has 2 nitrogen and oxygen atoms in total. The third-order valence-corrected chi connectivity index (χ3v) is 3.83. The van der Waals surface area contributed by atoms with Crippen LogP contribution in [0.1, 0.15) is 25.8 Å². The fourth-order valence-electron chi connectivity index (χ4n) is 2.36. The van der Waals surface area contributed by atoms with E-state index in [9.17, 15) is 0 Å². The van der Waals surface area contributed by atoms with Crippen molar-refractivity contribution in [3.63, 3.8) is 0 Å². The van der Waals surface area contributed by atoms with E-state index < -0.39 is 0 Å². The summed E-state index contributed by atoms with van der Waals surface area (Å²) >= 11 is 5.95. The maximum Gasteiger partial charge on any atom is 0.0597 e. The van der Waals surface area contributed by atoms with Crippen LogP contribution in [0.5, 0.6) is 0 Å². The number of rotatable bonds is 3. The Morgan fingerprint density at radius 2 is 2.38 bits per heavy atom. The number of halogens is 1. The lowest BCUT2D eigenvalue weighted by Gasteiger charge is -2.21. The minimum absolute atomic E-state index is 0.570. The van der Waals surface area contributed by atoms with Gasteiger partial charge in [0.2, 0.25) is 0 Å². The summed E-state index contributed by atoms with van der Waals surface area (Å²) in [7, 11) is 0. The molecule has 16 heavy (non-hydrogen) atoms. The maximum absolute atomic E-state index is 5.95. The van der Waals surface area contributed by atoms with Gasteiger partial charge in [0.25, 0.3) is 0 Å². The largest absolute Gasteiger partial charge is 0.370 e. The number of aromatic nitrogens is 1. The Hall–Kier alpha value is -0.760. The number of nitrogens with zero attached hydrogens (tertiary/aromatic N) is 2. The molecule has 1 aromatic heterocycles. The molecule has 1 saturated heterocycles. The molecule has 1 unspecified atom stereocenters. The average molecular weight is 239 g/mol. The summed E-state index contributed by atoms with van der Waals surface area (Å²) in [5, 5.41) is 0. The first-order valence-electron chi connectivity index (χ1n) is 5.96. The van der Waals surface area contributed by atoms with Gasteiger partial charge in [-0.1, -0.05) is 13.8 Å². The molecule has 1 atom stereocenters. The van der Waals surface area contributed by atoms with Gasteiger partial charge in [-0.05, 0) is 29.9 Å². The van der Waals surface area contributed by atoms with Gasteiger partial charge in [-0.15, -0.1) is 11.6 Å². The van der Waals surface area contributed by atoms with Crippen LogP contribution in [0.15, 0.2) is 18.5 Å². The van der Waals surface area contributed by atoms with Gasteiger partial charge >= 0.3 is 0 Å². The summed E-state index contributed by atoms with van der Waals surface area (Å²) in [6.45, 7) is 6.89. The standard InChI is InChI=1S/C13H19ClN2/c1-10(2)12-4-6-16(9-12)13-8-15-5-3-11(13)7-14/h3,5,8,10,12H,4,6-7,9H2,1-2H3. The second kappa shape index (κ2) is 5.05. The summed E-state index contributed by atoms with van der Waals surface area (Å²) in [5.74, 6) is 2.14. The van der Waals surface area contributed by atoms with Gasteiger partial charge in [-0.3, -0.25) is 4.98 Å². The van der Waals surface area contributed by atoms with Gasteiger partial charge < -0.3 is 4.90 Å². The fourth-order valence-corrected chi connectivity index (χ4v) is 2.59. The Balaban J connectivity index is 2.14. The molecule has 1 fully saturated rings. The zero-order valence-electron chi connectivity index (χ0n) is 9.99. The van der Waals surface area contributed by atoms with Crippen LogP contribution in [-0.4, -0.2) is 18.1 Å². The van der Waals surface area contributed by atoms with Crippen LogP contribution in [-0.2, 0) is 5.88 Å². The predicted molar refractivity (Wildman–Crippen MR) is 69.0 cm³/mol. The molecule has 1 aliphatic heterocycles. The molecule has 1 aromatic rings. The average Bonchev–Trinajstić information content (AvgIpc) is 2.78. The van der Waals surface area contributed by atoms with E-state index in [4.69, 9.17) is 11.6 Å². The Bertz CT molecular complexity index is 352. The van der Waals surface area contributed by atoms with Gasteiger partial charge in [0.15, 0.2) is 0 Å². The molecular formula is C13H19ClN2. The van der Waals surface area contributed by atoms with Crippen molar-refractivity contribution in [1.82, 2.24) is 4.98 Å². The first-order chi connectivity index (χ1) is 7.72. The molecular weight excluding hydrogens is 220 g/mol. The van der Waals surface area contributed by atoms with Crippen LogP contribution in [0, 0.1) is 11.8 Å². The zero-order chi connectivity index (χ0) is 11.5. The molecule has 0 saturated carbocycles. The van der Waals surface area contributed by atoms with Crippen molar-refractivity contribution < 1.29 is 0 Å². The number of anilines is 1. The molecule has 0 spiro atoms. The Morgan fingerprint density at radius 1 is 1.56 bits per heavy atom. The van der Waals surface area contributed by atoms with E-state index in [0.29, 0.717) is 5.88 Å². The number of hydrogen-bond donors (Lipinski definition) is 0. The molecule has 0 amide bonds. The zero-order valence-corrected chi connectivity index (χ0v) is 10.7. The smallest absolute Gasteiger partial charge is 0.0597 e. The third-order valence-electron chi connectivity index (χ3n) is 3.54. The summed E-state index contributed by atoms with van der Waals surface area (Å²) < 4.78 is 0. The summed E-state index contributed by atoms with van der Waals surface area (Å²) in [4.78, 5) is 6.63. The second-order valence-corrected chi connectivity index (χ2v) is 5.14. The highest BCUT2D eigenvalue weighted by molar-refractivity contribution is 6.17. The molecule has 0 N–H and O–H groups in total. The van der Waals surface area contributed by atoms with Crippen LogP contribution in [0.25, 0.3) is 0 Å². The number of hydrogen-bond acceptors (Lipinski definition) is 2. The van der Waals surface area contributed by atoms with E-state index in [0.717, 1.165) is 24.9 Å². The molecule has 2 heterocycles. The fraction of sp³-hybridized carbons (Fsp3) is 0.615. The highest BCUT2D eigenvalue weighted by Crippen LogP contribution is 2.30. The lowest BCUT2D eigenvalue weighted by Crippen LogP contribution is -2.22. The van der Waals surface area contributed by atoms with E-state index in [2.05, 4.69) is 23.7 Å². The monoisotopic (exact) mass is 238 g/mol. The van der Waals surface area contributed by atoms with Crippen molar-refractivity contribution in [2.75, 3.05) is 18.0 Å². The first-order valence-corrected chi connectivity index (χ1v) is 6.49. The van der Waals surface area contributed by atoms with Crippen LogP contribution in [0.2, 0.25) is 0 Å². The quantitative estimate of drug-likeness (QED) is 0.752. The van der Waals surface area contributed by atoms with Crippen molar-refractivity contribution >= 4 is 17.3 Å². The van der Waals surface area contributed by atoms with Crippen LogP contribution >= 0.6 is 11.6 Å². The second-order valence-electron chi connectivity index (χ2n) is 4.88. The van der Waals surface area contributed by atoms with E-state index >= 15 is 0 Å². The number of pyridine rings is 1. The third kappa shape index (κ3) is 2.32. The Morgan fingerprint density at radius 3 is 3.00 bits per heavy atom. The highest BCUT2D eigenvalue weighted by Gasteiger charge is 2.26. The van der Waals surface area contributed by atoms with Gasteiger partial charge in [0.1, 0.15) is 0 Å². The Labute approximate surface area is 103 Å². The van der Waals surface area contributed by atoms with E-state index in [1.54, 1.807) is 0 Å². The van der Waals surface area contributed by atoms with Crippen molar-refractivity contribution in [1.29, 1.82) is 0 Å². The topological polar surface area (TPSA) is 16.1 Å². The van der Waals surface area contributed by atoms with Crippen molar-refractivity contribution in [3.8, 4) is 0 Å². The molecule has 1 aliphatic rings. The molecule has 0 bridgehead atoms. The lowest BCUT2D eigenvalue weighted by molar-refractivity contribution is 0.422. The lowest BCUT2D eigenvalue weighted by atomic mass is 9.95. The minimum atomic E-state index is 0.570. The van der Waals surface area contributed by atoms with Crippen molar-refractivity contribution in [2.24, 2.45) is 11.8 Å². The molecule has 0 aromatic carbocycles. The summed E-state index contributed by atoms with van der Waals surface area (Å²) in [6, 6.07) is 2.02. The molecule has 88 valence electrons. The predicted octanol–water partition coefficient (Wildman–Crippen LogP) is 3.30.